The Morgan fingerprint density at radius 2 is 2.00 bits per heavy atom. The minimum Gasteiger partial charge on any atom is -0.339 e. The van der Waals surface area contributed by atoms with E-state index < -0.39 is 0 Å². The van der Waals surface area contributed by atoms with Crippen molar-refractivity contribution >= 4 is 16.9 Å². The third-order valence-corrected chi connectivity index (χ3v) is 5.34. The fourth-order valence-electron chi connectivity index (χ4n) is 3.92. The van der Waals surface area contributed by atoms with Gasteiger partial charge in [-0.2, -0.15) is 0 Å². The highest BCUT2D eigenvalue weighted by Crippen LogP contribution is 2.29. The highest BCUT2D eigenvalue weighted by molar-refractivity contribution is 5.92. The van der Waals surface area contributed by atoms with Gasteiger partial charge in [-0.1, -0.05) is 30.3 Å². The van der Waals surface area contributed by atoms with Crippen LogP contribution in [0.25, 0.3) is 11.0 Å². The first-order valence-electron chi connectivity index (χ1n) is 9.17. The molecule has 2 aromatic heterocycles. The molecule has 0 amide bonds. The van der Waals surface area contributed by atoms with Crippen molar-refractivity contribution in [2.75, 3.05) is 20.1 Å². The predicted molar refractivity (Wildman–Crippen MR) is 106 cm³/mol. The fourth-order valence-corrected chi connectivity index (χ4v) is 3.92. The predicted octanol–water partition coefficient (Wildman–Crippen LogP) is 2.94. The molecule has 0 aliphatic carbocycles. The zero-order valence-corrected chi connectivity index (χ0v) is 15.4. The van der Waals surface area contributed by atoms with Crippen molar-refractivity contribution in [2.45, 2.75) is 25.8 Å². The quantitative estimate of drug-likeness (QED) is 0.555. The summed E-state index contributed by atoms with van der Waals surface area (Å²) >= 11 is 0. The summed E-state index contributed by atoms with van der Waals surface area (Å²) in [6.07, 6.45) is 1.15. The molecule has 5 nitrogen and oxygen atoms in total. The maximum atomic E-state index is 8.36. The number of nitrogens with one attached hydrogen (secondary N) is 2. The van der Waals surface area contributed by atoms with E-state index in [-0.39, 0.29) is 0 Å². The molecule has 0 radical (unpaired) electrons. The average molecular weight is 347 g/mol. The Morgan fingerprint density at radius 1 is 1.19 bits per heavy atom. The largest absolute Gasteiger partial charge is 0.339 e. The van der Waals surface area contributed by atoms with E-state index in [4.69, 9.17) is 5.41 Å². The van der Waals surface area contributed by atoms with E-state index in [1.165, 1.54) is 11.3 Å². The maximum Gasteiger partial charge on any atom is 0.130 e. The molecule has 3 heterocycles. The van der Waals surface area contributed by atoms with Crippen LogP contribution in [0.2, 0.25) is 0 Å². The second kappa shape index (κ2) is 6.92. The van der Waals surface area contributed by atoms with Crippen LogP contribution in [0.4, 0.5) is 0 Å². The SMILES string of the molecule is CN=C(C)n1c(=N)ccc2c1cc(C1CCNC1)n2Cc1ccccc1. The monoisotopic (exact) mass is 347 g/mol. The Hall–Kier alpha value is -2.66. The zero-order chi connectivity index (χ0) is 18.1. The van der Waals surface area contributed by atoms with Gasteiger partial charge in [0.2, 0.25) is 0 Å². The van der Waals surface area contributed by atoms with Gasteiger partial charge in [-0.25, -0.2) is 0 Å². The van der Waals surface area contributed by atoms with Crippen LogP contribution < -0.4 is 10.8 Å². The topological polar surface area (TPSA) is 58.1 Å². The number of benzene rings is 1. The number of rotatable bonds is 3. The lowest BCUT2D eigenvalue weighted by Gasteiger charge is -2.15. The summed E-state index contributed by atoms with van der Waals surface area (Å²) in [6.45, 7) is 4.88. The lowest BCUT2D eigenvalue weighted by atomic mass is 10.0. The average Bonchev–Trinajstić information content (AvgIpc) is 3.30. The standard InChI is InChI=1S/C21H25N5/c1-15(23-2)26-20-12-19(17-10-11-24-13-17)25(18(20)8-9-21(26)22)14-16-6-4-3-5-7-16/h3-9,12,17,22,24H,10-11,13-14H2,1-2H3. The van der Waals surface area contributed by atoms with Crippen molar-refractivity contribution in [1.29, 1.82) is 5.41 Å². The number of aromatic nitrogens is 2. The number of pyridine rings is 1. The number of aliphatic imine (C=N–C) groups is 1. The second-order valence-corrected chi connectivity index (χ2v) is 6.93. The van der Waals surface area contributed by atoms with Gasteiger partial charge in [0.05, 0.1) is 11.0 Å². The van der Waals surface area contributed by atoms with Gasteiger partial charge in [-0.3, -0.25) is 15.0 Å². The summed E-state index contributed by atoms with van der Waals surface area (Å²) in [5.41, 5.74) is 5.33. The van der Waals surface area contributed by atoms with Crippen LogP contribution in [0.15, 0.2) is 53.5 Å². The van der Waals surface area contributed by atoms with Gasteiger partial charge in [-0.15, -0.1) is 0 Å². The van der Waals surface area contributed by atoms with Crippen molar-refractivity contribution in [3.05, 3.63) is 65.3 Å². The molecule has 134 valence electrons. The number of fused-ring (bicyclic) bond motifs is 1. The van der Waals surface area contributed by atoms with Crippen molar-refractivity contribution in [1.82, 2.24) is 14.5 Å². The van der Waals surface area contributed by atoms with E-state index in [0.29, 0.717) is 11.4 Å². The van der Waals surface area contributed by atoms with Crippen molar-refractivity contribution in [3.63, 3.8) is 0 Å². The molecule has 1 atom stereocenters. The maximum absolute atomic E-state index is 8.36. The lowest BCUT2D eigenvalue weighted by molar-refractivity contribution is 0.667. The van der Waals surface area contributed by atoms with Gasteiger partial charge in [0.15, 0.2) is 0 Å². The van der Waals surface area contributed by atoms with Crippen LogP contribution in [0.3, 0.4) is 0 Å². The second-order valence-electron chi connectivity index (χ2n) is 6.93. The molecule has 0 saturated carbocycles. The van der Waals surface area contributed by atoms with E-state index in [1.54, 1.807) is 7.05 Å². The Kier molecular flexibility index (Phi) is 4.47. The Morgan fingerprint density at radius 3 is 2.69 bits per heavy atom. The molecular weight excluding hydrogens is 322 g/mol. The van der Waals surface area contributed by atoms with Crippen molar-refractivity contribution in [3.8, 4) is 0 Å². The first-order valence-corrected chi connectivity index (χ1v) is 9.17. The molecule has 0 spiro atoms. The van der Waals surface area contributed by atoms with Crippen molar-refractivity contribution in [2.24, 2.45) is 4.99 Å². The lowest BCUT2D eigenvalue weighted by Crippen LogP contribution is -2.24. The summed E-state index contributed by atoms with van der Waals surface area (Å²) in [4.78, 5) is 4.33. The summed E-state index contributed by atoms with van der Waals surface area (Å²) in [5, 5.41) is 11.8. The molecule has 26 heavy (non-hydrogen) atoms. The number of hydrogen-bond acceptors (Lipinski definition) is 3. The molecule has 1 aliphatic heterocycles. The molecule has 1 aromatic carbocycles. The first kappa shape index (κ1) is 16.8. The Bertz CT molecular complexity index is 1000. The van der Waals surface area contributed by atoms with Gasteiger partial charge in [0, 0.05) is 31.7 Å². The van der Waals surface area contributed by atoms with Crippen LogP contribution in [-0.4, -0.2) is 35.1 Å². The number of hydrogen-bond donors (Lipinski definition) is 2. The van der Waals surface area contributed by atoms with Gasteiger partial charge < -0.3 is 9.88 Å². The van der Waals surface area contributed by atoms with Gasteiger partial charge >= 0.3 is 0 Å². The zero-order valence-electron chi connectivity index (χ0n) is 15.4. The van der Waals surface area contributed by atoms with Crippen molar-refractivity contribution < 1.29 is 0 Å². The minimum absolute atomic E-state index is 0.466. The first-order chi connectivity index (χ1) is 12.7. The summed E-state index contributed by atoms with van der Waals surface area (Å²) in [5.74, 6) is 1.35. The summed E-state index contributed by atoms with van der Waals surface area (Å²) < 4.78 is 4.36. The molecule has 1 saturated heterocycles. The number of nitrogens with zero attached hydrogens (tertiary/aromatic N) is 3. The molecule has 1 unspecified atom stereocenters. The van der Waals surface area contributed by atoms with Crippen LogP contribution in [0, 0.1) is 5.41 Å². The molecule has 3 aromatic rings. The highest BCUT2D eigenvalue weighted by atomic mass is 15.1. The molecular formula is C21H25N5. The Labute approximate surface area is 153 Å². The van der Waals surface area contributed by atoms with Crippen LogP contribution in [0.1, 0.15) is 30.5 Å². The van der Waals surface area contributed by atoms with Crippen LogP contribution in [-0.2, 0) is 6.54 Å². The van der Waals surface area contributed by atoms with Gasteiger partial charge in [0.25, 0.3) is 0 Å². The normalized spacial score (nSPS) is 17.9. The minimum atomic E-state index is 0.466. The highest BCUT2D eigenvalue weighted by Gasteiger charge is 2.23. The third kappa shape index (κ3) is 2.88. The van der Waals surface area contributed by atoms with E-state index in [0.717, 1.165) is 42.9 Å². The summed E-state index contributed by atoms with van der Waals surface area (Å²) in [6, 6.07) is 16.8. The van der Waals surface area contributed by atoms with E-state index in [9.17, 15) is 0 Å². The third-order valence-electron chi connectivity index (χ3n) is 5.34. The molecule has 5 heteroatoms. The molecule has 4 rings (SSSR count). The van der Waals surface area contributed by atoms with Gasteiger partial charge in [-0.05, 0) is 43.7 Å². The van der Waals surface area contributed by atoms with E-state index in [2.05, 4.69) is 57.3 Å². The fraction of sp³-hybridized carbons (Fsp3) is 0.333. The van der Waals surface area contributed by atoms with E-state index >= 15 is 0 Å². The van der Waals surface area contributed by atoms with Gasteiger partial charge in [0.1, 0.15) is 11.3 Å². The molecule has 2 N–H and O–H groups in total. The van der Waals surface area contributed by atoms with E-state index in [1.807, 2.05) is 17.6 Å². The smallest absolute Gasteiger partial charge is 0.130 e. The Balaban J connectivity index is 1.95. The molecule has 1 aliphatic rings. The molecule has 1 fully saturated rings. The molecule has 0 bridgehead atoms. The van der Waals surface area contributed by atoms with Crippen LogP contribution in [0.5, 0.6) is 0 Å². The van der Waals surface area contributed by atoms with Crippen LogP contribution >= 0.6 is 0 Å². The summed E-state index contributed by atoms with van der Waals surface area (Å²) in [7, 11) is 1.78.